The van der Waals surface area contributed by atoms with Gasteiger partial charge in [0.15, 0.2) is 5.13 Å². The van der Waals surface area contributed by atoms with Crippen molar-refractivity contribution >= 4 is 22.3 Å². The van der Waals surface area contributed by atoms with Gasteiger partial charge in [-0.05, 0) is 19.3 Å². The van der Waals surface area contributed by atoms with Crippen molar-refractivity contribution in [2.24, 2.45) is 5.73 Å². The minimum atomic E-state index is 0.0597. The fourth-order valence-corrected chi connectivity index (χ4v) is 2.50. The third-order valence-corrected chi connectivity index (χ3v) is 3.30. The van der Waals surface area contributed by atoms with Gasteiger partial charge in [-0.25, -0.2) is 4.98 Å². The van der Waals surface area contributed by atoms with Crippen molar-refractivity contribution in [3.05, 3.63) is 11.1 Å². The lowest BCUT2D eigenvalue weighted by Crippen LogP contribution is -2.29. The number of hydrogen-bond acceptors (Lipinski definition) is 4. The second-order valence-electron chi connectivity index (χ2n) is 3.48. The number of hydrogen-bond donors (Lipinski definition) is 2. The van der Waals surface area contributed by atoms with E-state index in [4.69, 9.17) is 11.1 Å². The Hall–Kier alpha value is -1.10. The highest BCUT2D eigenvalue weighted by Crippen LogP contribution is 2.23. The van der Waals surface area contributed by atoms with Gasteiger partial charge >= 0.3 is 0 Å². The van der Waals surface area contributed by atoms with Crippen LogP contribution in [0, 0.1) is 5.41 Å². The molecule has 1 aliphatic heterocycles. The minimum Gasteiger partial charge on any atom is -0.382 e. The van der Waals surface area contributed by atoms with Crippen LogP contribution in [0.3, 0.4) is 0 Å². The maximum atomic E-state index is 7.27. The molecule has 1 fully saturated rings. The zero-order chi connectivity index (χ0) is 9.97. The minimum absolute atomic E-state index is 0.0597. The summed E-state index contributed by atoms with van der Waals surface area (Å²) >= 11 is 1.58. The Kier molecular flexibility index (Phi) is 2.67. The van der Waals surface area contributed by atoms with Gasteiger partial charge < -0.3 is 10.6 Å². The van der Waals surface area contributed by atoms with Crippen LogP contribution in [0.25, 0.3) is 0 Å². The summed E-state index contributed by atoms with van der Waals surface area (Å²) in [5, 5.41) is 10.1. The highest BCUT2D eigenvalue weighted by atomic mass is 32.1. The largest absolute Gasteiger partial charge is 0.382 e. The van der Waals surface area contributed by atoms with Gasteiger partial charge in [-0.2, -0.15) is 0 Å². The Morgan fingerprint density at radius 1 is 1.43 bits per heavy atom. The molecule has 0 spiro atoms. The number of nitrogen functional groups attached to an aromatic ring is 1. The molecule has 4 nitrogen and oxygen atoms in total. The first-order chi connectivity index (χ1) is 6.77. The van der Waals surface area contributed by atoms with Crippen molar-refractivity contribution in [1.29, 1.82) is 5.41 Å². The molecule has 2 rings (SSSR count). The molecule has 14 heavy (non-hydrogen) atoms. The molecule has 1 aromatic rings. The summed E-state index contributed by atoms with van der Waals surface area (Å²) in [5.74, 6) is 0.0597. The van der Waals surface area contributed by atoms with Gasteiger partial charge in [-0.1, -0.05) is 0 Å². The third-order valence-electron chi connectivity index (χ3n) is 2.39. The Bertz CT molecular complexity index is 327. The summed E-state index contributed by atoms with van der Waals surface area (Å²) < 4.78 is 0. The van der Waals surface area contributed by atoms with E-state index in [9.17, 15) is 0 Å². The number of nitrogens with two attached hydrogens (primary N) is 1. The molecule has 0 aromatic carbocycles. The van der Waals surface area contributed by atoms with Crippen molar-refractivity contribution in [3.63, 3.8) is 0 Å². The first kappa shape index (κ1) is 9.45. The monoisotopic (exact) mass is 210 g/mol. The number of piperidine rings is 1. The number of aromatic nitrogens is 1. The van der Waals surface area contributed by atoms with Gasteiger partial charge in [0.05, 0.1) is 0 Å². The van der Waals surface area contributed by atoms with Crippen molar-refractivity contribution in [2.45, 2.75) is 19.3 Å². The standard InChI is InChI=1S/C9H14N4S/c10-8(11)7-6-14-9(12-7)13-4-2-1-3-5-13/h6H,1-5H2,(H3,10,11). The maximum absolute atomic E-state index is 7.27. The average molecular weight is 210 g/mol. The molecule has 1 saturated heterocycles. The van der Waals surface area contributed by atoms with E-state index >= 15 is 0 Å². The molecule has 0 amide bonds. The number of nitrogens with one attached hydrogen (secondary N) is 1. The Balaban J connectivity index is 2.11. The summed E-state index contributed by atoms with van der Waals surface area (Å²) in [5.41, 5.74) is 5.97. The summed E-state index contributed by atoms with van der Waals surface area (Å²) in [4.78, 5) is 6.61. The first-order valence-electron chi connectivity index (χ1n) is 4.82. The molecule has 1 aromatic heterocycles. The van der Waals surface area contributed by atoms with Crippen LogP contribution in [0.5, 0.6) is 0 Å². The van der Waals surface area contributed by atoms with Gasteiger partial charge in [0.2, 0.25) is 0 Å². The van der Waals surface area contributed by atoms with Crippen LogP contribution >= 0.6 is 11.3 Å². The fourth-order valence-electron chi connectivity index (χ4n) is 1.62. The van der Waals surface area contributed by atoms with E-state index in [1.807, 2.05) is 5.38 Å². The lowest BCUT2D eigenvalue weighted by Gasteiger charge is -2.25. The smallest absolute Gasteiger partial charge is 0.185 e. The summed E-state index contributed by atoms with van der Waals surface area (Å²) in [6.45, 7) is 2.18. The quantitative estimate of drug-likeness (QED) is 0.573. The molecular formula is C9H14N4S. The van der Waals surface area contributed by atoms with Gasteiger partial charge in [-0.15, -0.1) is 11.3 Å². The lowest BCUT2D eigenvalue weighted by atomic mass is 10.1. The summed E-state index contributed by atoms with van der Waals surface area (Å²) in [7, 11) is 0. The Morgan fingerprint density at radius 3 is 2.71 bits per heavy atom. The van der Waals surface area contributed by atoms with E-state index in [2.05, 4.69) is 9.88 Å². The topological polar surface area (TPSA) is 66.0 Å². The zero-order valence-corrected chi connectivity index (χ0v) is 8.81. The van der Waals surface area contributed by atoms with Gasteiger partial charge in [0.1, 0.15) is 11.5 Å². The molecule has 0 atom stereocenters. The predicted molar refractivity (Wildman–Crippen MR) is 59.2 cm³/mol. The fraction of sp³-hybridized carbons (Fsp3) is 0.556. The van der Waals surface area contributed by atoms with Gasteiger partial charge in [0.25, 0.3) is 0 Å². The van der Waals surface area contributed by atoms with Crippen LogP contribution in [0.4, 0.5) is 5.13 Å². The SMILES string of the molecule is N=C(N)c1csc(N2CCCCC2)n1. The maximum Gasteiger partial charge on any atom is 0.185 e. The van der Waals surface area contributed by atoms with Crippen LogP contribution < -0.4 is 10.6 Å². The lowest BCUT2D eigenvalue weighted by molar-refractivity contribution is 0.577. The van der Waals surface area contributed by atoms with Gasteiger partial charge in [-0.3, -0.25) is 5.41 Å². The Morgan fingerprint density at radius 2 is 2.14 bits per heavy atom. The van der Waals surface area contributed by atoms with E-state index < -0.39 is 0 Å². The third kappa shape index (κ3) is 1.87. The zero-order valence-electron chi connectivity index (χ0n) is 7.99. The van der Waals surface area contributed by atoms with Crippen molar-refractivity contribution in [3.8, 4) is 0 Å². The molecule has 0 radical (unpaired) electrons. The number of rotatable bonds is 2. The van der Waals surface area contributed by atoms with Crippen LogP contribution in [-0.4, -0.2) is 23.9 Å². The number of amidine groups is 1. The molecule has 2 heterocycles. The van der Waals surface area contributed by atoms with Crippen LogP contribution in [0.2, 0.25) is 0 Å². The van der Waals surface area contributed by atoms with Crippen LogP contribution in [0.1, 0.15) is 25.0 Å². The molecule has 0 saturated carbocycles. The molecule has 1 aliphatic rings. The van der Waals surface area contributed by atoms with Gasteiger partial charge in [0, 0.05) is 18.5 Å². The second-order valence-corrected chi connectivity index (χ2v) is 4.31. The molecular weight excluding hydrogens is 196 g/mol. The predicted octanol–water partition coefficient (Wildman–Crippen LogP) is 1.42. The van der Waals surface area contributed by atoms with E-state index in [1.165, 1.54) is 19.3 Å². The van der Waals surface area contributed by atoms with Crippen molar-refractivity contribution in [1.82, 2.24) is 4.98 Å². The highest BCUT2D eigenvalue weighted by molar-refractivity contribution is 7.13. The van der Waals surface area contributed by atoms with E-state index in [1.54, 1.807) is 11.3 Å². The average Bonchev–Trinajstić information content (AvgIpc) is 2.68. The number of anilines is 1. The summed E-state index contributed by atoms with van der Waals surface area (Å²) in [6.07, 6.45) is 3.81. The van der Waals surface area contributed by atoms with Crippen molar-refractivity contribution < 1.29 is 0 Å². The molecule has 0 unspecified atom stereocenters. The number of thiazole rings is 1. The molecule has 5 heteroatoms. The first-order valence-corrected chi connectivity index (χ1v) is 5.70. The van der Waals surface area contributed by atoms with E-state index in [0.717, 1.165) is 18.2 Å². The Labute approximate surface area is 87.3 Å². The van der Waals surface area contributed by atoms with Crippen LogP contribution in [0.15, 0.2) is 5.38 Å². The van der Waals surface area contributed by atoms with Crippen LogP contribution in [-0.2, 0) is 0 Å². The summed E-state index contributed by atoms with van der Waals surface area (Å²) in [6, 6.07) is 0. The molecule has 0 aliphatic carbocycles. The van der Waals surface area contributed by atoms with E-state index in [-0.39, 0.29) is 5.84 Å². The molecule has 0 bridgehead atoms. The second kappa shape index (κ2) is 3.96. The molecule has 3 N–H and O–H groups in total. The number of nitrogens with zero attached hydrogens (tertiary/aromatic N) is 2. The van der Waals surface area contributed by atoms with E-state index in [0.29, 0.717) is 5.69 Å². The normalized spacial score (nSPS) is 17.0. The highest BCUT2D eigenvalue weighted by Gasteiger charge is 2.14. The molecule has 76 valence electrons. The van der Waals surface area contributed by atoms with Crippen molar-refractivity contribution in [2.75, 3.05) is 18.0 Å².